The van der Waals surface area contributed by atoms with Crippen molar-refractivity contribution in [3.63, 3.8) is 0 Å². The van der Waals surface area contributed by atoms with Gasteiger partial charge in [0.2, 0.25) is 0 Å². The highest BCUT2D eigenvalue weighted by Crippen LogP contribution is 2.22. The molecule has 134 valence electrons. The van der Waals surface area contributed by atoms with Crippen molar-refractivity contribution in [2.75, 3.05) is 32.7 Å². The maximum atomic E-state index is 13.3. The molecule has 0 spiro atoms. The molecule has 0 radical (unpaired) electrons. The number of β-amino-alcohol motifs (C(OH)–C–C–N with tert-alkyl or cyclic N) is 1. The monoisotopic (exact) mass is 347 g/mol. The zero-order valence-corrected chi connectivity index (χ0v) is 14.3. The van der Waals surface area contributed by atoms with E-state index in [2.05, 4.69) is 27.8 Å². The summed E-state index contributed by atoms with van der Waals surface area (Å²) in [5.41, 5.74) is 1.60. The average Bonchev–Trinajstić information content (AvgIpc) is 2.64. The van der Waals surface area contributed by atoms with Gasteiger partial charge in [-0.2, -0.15) is 0 Å². The Balaban J connectivity index is 1.53. The standard InChI is InChI=1S/C19H23F2N3O/c1-14(16-3-2-6-22-12-16)24-9-7-23(8-10-24)13-19(25)15-4-5-17(20)18(21)11-15/h2-6,11-12,14,19,25H,7-10,13H2,1H3. The average molecular weight is 347 g/mol. The van der Waals surface area contributed by atoms with Crippen LogP contribution in [0, 0.1) is 11.6 Å². The number of hydrogen-bond acceptors (Lipinski definition) is 4. The highest BCUT2D eigenvalue weighted by atomic mass is 19.2. The lowest BCUT2D eigenvalue weighted by molar-refractivity contribution is 0.0587. The number of aliphatic hydroxyl groups excluding tert-OH is 1. The second-order valence-electron chi connectivity index (χ2n) is 6.49. The van der Waals surface area contributed by atoms with E-state index in [-0.39, 0.29) is 0 Å². The first kappa shape index (κ1) is 17.9. The maximum Gasteiger partial charge on any atom is 0.159 e. The van der Waals surface area contributed by atoms with Gasteiger partial charge in [0, 0.05) is 51.2 Å². The van der Waals surface area contributed by atoms with E-state index in [1.165, 1.54) is 11.6 Å². The number of pyridine rings is 1. The summed E-state index contributed by atoms with van der Waals surface area (Å²) in [6.07, 6.45) is 2.84. The minimum atomic E-state index is -0.924. The number of piperazine rings is 1. The van der Waals surface area contributed by atoms with Gasteiger partial charge < -0.3 is 5.11 Å². The van der Waals surface area contributed by atoms with Gasteiger partial charge in [-0.1, -0.05) is 12.1 Å². The molecule has 1 aliphatic heterocycles. The van der Waals surface area contributed by atoms with Crippen LogP contribution in [0.15, 0.2) is 42.7 Å². The van der Waals surface area contributed by atoms with E-state index >= 15 is 0 Å². The Morgan fingerprint density at radius 1 is 1.08 bits per heavy atom. The molecule has 1 aromatic carbocycles. The highest BCUT2D eigenvalue weighted by molar-refractivity contribution is 5.20. The molecule has 3 rings (SSSR count). The second-order valence-corrected chi connectivity index (χ2v) is 6.49. The Morgan fingerprint density at radius 2 is 1.84 bits per heavy atom. The molecular weight excluding hydrogens is 324 g/mol. The summed E-state index contributed by atoms with van der Waals surface area (Å²) in [7, 11) is 0. The van der Waals surface area contributed by atoms with Crippen LogP contribution in [0.25, 0.3) is 0 Å². The molecule has 2 atom stereocenters. The molecule has 2 unspecified atom stereocenters. The van der Waals surface area contributed by atoms with E-state index in [0.717, 1.165) is 38.3 Å². The van der Waals surface area contributed by atoms with Crippen molar-refractivity contribution in [1.82, 2.24) is 14.8 Å². The number of aliphatic hydroxyl groups is 1. The van der Waals surface area contributed by atoms with Gasteiger partial charge in [0.05, 0.1) is 6.10 Å². The summed E-state index contributed by atoms with van der Waals surface area (Å²) in [6, 6.07) is 7.88. The molecule has 25 heavy (non-hydrogen) atoms. The van der Waals surface area contributed by atoms with E-state index in [9.17, 15) is 13.9 Å². The summed E-state index contributed by atoms with van der Waals surface area (Å²) < 4.78 is 26.3. The van der Waals surface area contributed by atoms with Crippen LogP contribution in [0.5, 0.6) is 0 Å². The van der Waals surface area contributed by atoms with E-state index in [4.69, 9.17) is 0 Å². The number of halogens is 2. The molecule has 4 nitrogen and oxygen atoms in total. The number of aromatic nitrogens is 1. The van der Waals surface area contributed by atoms with Crippen LogP contribution in [0.1, 0.15) is 30.2 Å². The Kier molecular flexibility index (Phi) is 5.73. The molecule has 2 aromatic rings. The molecule has 1 aliphatic rings. The van der Waals surface area contributed by atoms with Gasteiger partial charge in [-0.25, -0.2) is 8.78 Å². The molecule has 1 N–H and O–H groups in total. The maximum absolute atomic E-state index is 13.3. The number of hydrogen-bond donors (Lipinski definition) is 1. The molecule has 1 saturated heterocycles. The van der Waals surface area contributed by atoms with Gasteiger partial charge in [-0.3, -0.25) is 14.8 Å². The smallest absolute Gasteiger partial charge is 0.159 e. The van der Waals surface area contributed by atoms with Crippen LogP contribution in [0.3, 0.4) is 0 Å². The summed E-state index contributed by atoms with van der Waals surface area (Å²) in [5, 5.41) is 10.3. The summed E-state index contributed by atoms with van der Waals surface area (Å²) >= 11 is 0. The lowest BCUT2D eigenvalue weighted by Gasteiger charge is -2.38. The Hall–Kier alpha value is -1.89. The van der Waals surface area contributed by atoms with Crippen LogP contribution in [-0.2, 0) is 0 Å². The minimum Gasteiger partial charge on any atom is -0.387 e. The fraction of sp³-hybridized carbons (Fsp3) is 0.421. The van der Waals surface area contributed by atoms with Crippen LogP contribution in [-0.4, -0.2) is 52.6 Å². The number of rotatable bonds is 5. The molecule has 1 fully saturated rings. The summed E-state index contributed by atoms with van der Waals surface area (Å²) in [4.78, 5) is 8.71. The topological polar surface area (TPSA) is 39.6 Å². The van der Waals surface area contributed by atoms with Gasteiger partial charge in [0.25, 0.3) is 0 Å². The molecule has 0 saturated carbocycles. The Morgan fingerprint density at radius 3 is 2.48 bits per heavy atom. The predicted molar refractivity (Wildman–Crippen MR) is 92.0 cm³/mol. The van der Waals surface area contributed by atoms with E-state index in [0.29, 0.717) is 18.2 Å². The normalized spacial score (nSPS) is 18.9. The van der Waals surface area contributed by atoms with E-state index in [1.807, 2.05) is 12.3 Å². The SMILES string of the molecule is CC(c1cccnc1)N1CCN(CC(O)c2ccc(F)c(F)c2)CC1. The quantitative estimate of drug-likeness (QED) is 0.903. The van der Waals surface area contributed by atoms with Crippen molar-refractivity contribution in [3.05, 3.63) is 65.5 Å². The third-order valence-electron chi connectivity index (χ3n) is 4.88. The Labute approximate surface area is 146 Å². The highest BCUT2D eigenvalue weighted by Gasteiger charge is 2.24. The summed E-state index contributed by atoms with van der Waals surface area (Å²) in [5.74, 6) is -1.82. The van der Waals surface area contributed by atoms with E-state index in [1.54, 1.807) is 6.20 Å². The molecule has 0 amide bonds. The first-order chi connectivity index (χ1) is 12.0. The Bertz CT molecular complexity index is 690. The van der Waals surface area contributed by atoms with Crippen molar-refractivity contribution in [2.45, 2.75) is 19.1 Å². The molecular formula is C19H23F2N3O. The van der Waals surface area contributed by atoms with Gasteiger partial charge in [-0.15, -0.1) is 0 Å². The predicted octanol–water partition coefficient (Wildman–Crippen LogP) is 2.77. The lowest BCUT2D eigenvalue weighted by Crippen LogP contribution is -2.48. The first-order valence-electron chi connectivity index (χ1n) is 8.54. The molecule has 1 aromatic heterocycles. The van der Waals surface area contributed by atoms with E-state index < -0.39 is 17.7 Å². The van der Waals surface area contributed by atoms with Crippen LogP contribution in [0.2, 0.25) is 0 Å². The van der Waals surface area contributed by atoms with Gasteiger partial charge in [0.15, 0.2) is 11.6 Å². The lowest BCUT2D eigenvalue weighted by atomic mass is 10.1. The largest absolute Gasteiger partial charge is 0.387 e. The third kappa shape index (κ3) is 4.39. The van der Waals surface area contributed by atoms with Crippen molar-refractivity contribution >= 4 is 0 Å². The van der Waals surface area contributed by atoms with Gasteiger partial charge in [-0.05, 0) is 36.2 Å². The van der Waals surface area contributed by atoms with Crippen LogP contribution in [0.4, 0.5) is 8.78 Å². The fourth-order valence-corrected chi connectivity index (χ4v) is 3.24. The zero-order chi connectivity index (χ0) is 17.8. The molecule has 2 heterocycles. The van der Waals surface area contributed by atoms with Gasteiger partial charge in [0.1, 0.15) is 0 Å². The molecule has 0 bridgehead atoms. The molecule has 0 aliphatic carbocycles. The summed E-state index contributed by atoms with van der Waals surface area (Å²) in [6.45, 7) is 6.01. The molecule has 6 heteroatoms. The first-order valence-corrected chi connectivity index (χ1v) is 8.54. The third-order valence-corrected chi connectivity index (χ3v) is 4.88. The number of benzene rings is 1. The van der Waals surface area contributed by atoms with Crippen molar-refractivity contribution < 1.29 is 13.9 Å². The minimum absolute atomic E-state index is 0.298. The van der Waals surface area contributed by atoms with Crippen molar-refractivity contribution in [2.24, 2.45) is 0 Å². The van der Waals surface area contributed by atoms with Crippen LogP contribution < -0.4 is 0 Å². The fourth-order valence-electron chi connectivity index (χ4n) is 3.24. The van der Waals surface area contributed by atoms with Gasteiger partial charge >= 0.3 is 0 Å². The second kappa shape index (κ2) is 7.99. The van der Waals surface area contributed by atoms with Crippen molar-refractivity contribution in [3.8, 4) is 0 Å². The van der Waals surface area contributed by atoms with Crippen molar-refractivity contribution in [1.29, 1.82) is 0 Å². The zero-order valence-electron chi connectivity index (χ0n) is 14.3. The number of nitrogens with zero attached hydrogens (tertiary/aromatic N) is 3. The van der Waals surface area contributed by atoms with Crippen LogP contribution >= 0.6 is 0 Å².